The zero-order chi connectivity index (χ0) is 13.7. The van der Waals surface area contributed by atoms with Gasteiger partial charge >= 0.3 is 0 Å². The van der Waals surface area contributed by atoms with E-state index in [1.165, 1.54) is 0 Å². The summed E-state index contributed by atoms with van der Waals surface area (Å²) in [5, 5.41) is 0.516. The minimum Gasteiger partial charge on any atom is -0.449 e. The van der Waals surface area contributed by atoms with E-state index in [-0.39, 0.29) is 5.43 Å². The van der Waals surface area contributed by atoms with Crippen molar-refractivity contribution in [2.75, 3.05) is 0 Å². The fraction of sp³-hybridized carbons (Fsp3) is 0.0625. The van der Waals surface area contributed by atoms with Crippen molar-refractivity contribution in [3.05, 3.63) is 58.4 Å². The van der Waals surface area contributed by atoms with E-state index in [2.05, 4.69) is 4.98 Å². The Balaban J connectivity index is 2.03. The fourth-order valence-electron chi connectivity index (χ4n) is 2.46. The molecule has 0 spiro atoms. The van der Waals surface area contributed by atoms with E-state index in [4.69, 9.17) is 9.47 Å². The van der Waals surface area contributed by atoms with Crippen LogP contribution in [0.5, 0.6) is 23.0 Å². The van der Waals surface area contributed by atoms with Gasteiger partial charge in [-0.05, 0) is 31.2 Å². The lowest BCUT2D eigenvalue weighted by atomic mass is 10.1. The molecule has 0 unspecified atom stereocenters. The summed E-state index contributed by atoms with van der Waals surface area (Å²) in [6.07, 6.45) is 0. The molecule has 98 valence electrons. The molecule has 2 aromatic carbocycles. The van der Waals surface area contributed by atoms with Crippen molar-refractivity contribution in [3.63, 3.8) is 0 Å². The van der Waals surface area contributed by atoms with Gasteiger partial charge in [-0.1, -0.05) is 12.1 Å². The van der Waals surface area contributed by atoms with Gasteiger partial charge in [0.1, 0.15) is 0 Å². The number of rotatable bonds is 0. The van der Waals surface area contributed by atoms with Crippen LogP contribution in [-0.4, -0.2) is 4.98 Å². The van der Waals surface area contributed by atoms with Gasteiger partial charge in [0.15, 0.2) is 28.4 Å². The lowest BCUT2D eigenvalue weighted by Crippen LogP contribution is -2.07. The Bertz CT molecular complexity index is 896. The Labute approximate surface area is 114 Å². The van der Waals surface area contributed by atoms with Gasteiger partial charge in [-0.25, -0.2) is 0 Å². The summed E-state index contributed by atoms with van der Waals surface area (Å²) in [7, 11) is 0. The highest BCUT2D eigenvalue weighted by Gasteiger charge is 2.22. The summed E-state index contributed by atoms with van der Waals surface area (Å²) < 4.78 is 11.7. The third kappa shape index (κ3) is 1.51. The van der Waals surface area contributed by atoms with Crippen molar-refractivity contribution in [3.8, 4) is 23.0 Å². The second-order valence-corrected chi connectivity index (χ2v) is 4.78. The molecule has 0 amide bonds. The smallest absolute Gasteiger partial charge is 0.193 e. The minimum absolute atomic E-state index is 0.0731. The largest absolute Gasteiger partial charge is 0.449 e. The van der Waals surface area contributed by atoms with Gasteiger partial charge in [0.05, 0.1) is 10.9 Å². The standard InChI is InChI=1S/C16H11NO3/c1-9-8-11(18)15-10(17-9)6-7-14-16(15)20-13-5-3-2-4-12(13)19-14/h2-8H,1H3,(H,17,18). The highest BCUT2D eigenvalue weighted by molar-refractivity contribution is 5.89. The van der Waals surface area contributed by atoms with Gasteiger partial charge in [0.2, 0.25) is 0 Å². The van der Waals surface area contributed by atoms with Crippen LogP contribution in [0.4, 0.5) is 0 Å². The zero-order valence-corrected chi connectivity index (χ0v) is 10.8. The SMILES string of the molecule is Cc1cc(=O)c2c3c(ccc2[nH]1)Oc1ccccc1O3. The predicted octanol–water partition coefficient (Wildman–Crippen LogP) is 3.73. The summed E-state index contributed by atoms with van der Waals surface area (Å²) in [5.74, 6) is 2.31. The van der Waals surface area contributed by atoms with E-state index < -0.39 is 0 Å². The molecule has 1 aromatic heterocycles. The number of benzene rings is 2. The molecule has 4 rings (SSSR count). The molecule has 4 nitrogen and oxygen atoms in total. The Hall–Kier alpha value is -2.75. The quantitative estimate of drug-likeness (QED) is 0.527. The summed E-state index contributed by atoms with van der Waals surface area (Å²) in [6.45, 7) is 1.85. The third-order valence-electron chi connectivity index (χ3n) is 3.33. The molecular formula is C16H11NO3. The van der Waals surface area contributed by atoms with Crippen molar-refractivity contribution < 1.29 is 9.47 Å². The number of para-hydroxylation sites is 2. The van der Waals surface area contributed by atoms with Gasteiger partial charge in [-0.2, -0.15) is 0 Å². The molecular weight excluding hydrogens is 254 g/mol. The van der Waals surface area contributed by atoms with Crippen molar-refractivity contribution in [2.24, 2.45) is 0 Å². The lowest BCUT2D eigenvalue weighted by molar-refractivity contribution is 0.363. The van der Waals surface area contributed by atoms with Gasteiger partial charge in [0.25, 0.3) is 0 Å². The topological polar surface area (TPSA) is 51.3 Å². The van der Waals surface area contributed by atoms with Crippen LogP contribution in [0.3, 0.4) is 0 Å². The van der Waals surface area contributed by atoms with Gasteiger partial charge in [-0.3, -0.25) is 4.79 Å². The maximum absolute atomic E-state index is 12.2. The van der Waals surface area contributed by atoms with E-state index in [9.17, 15) is 4.79 Å². The number of aromatic nitrogens is 1. The van der Waals surface area contributed by atoms with Crippen molar-refractivity contribution in [1.82, 2.24) is 4.98 Å². The lowest BCUT2D eigenvalue weighted by Gasteiger charge is -2.21. The van der Waals surface area contributed by atoms with Crippen LogP contribution >= 0.6 is 0 Å². The number of hydrogen-bond donors (Lipinski definition) is 1. The number of nitrogens with one attached hydrogen (secondary N) is 1. The molecule has 1 aliphatic heterocycles. The van der Waals surface area contributed by atoms with Crippen molar-refractivity contribution in [2.45, 2.75) is 6.92 Å². The first kappa shape index (κ1) is 11.1. The van der Waals surface area contributed by atoms with Gasteiger partial charge in [-0.15, -0.1) is 0 Å². The molecule has 0 fully saturated rings. The first-order valence-electron chi connectivity index (χ1n) is 6.34. The van der Waals surface area contributed by atoms with Gasteiger partial charge in [0, 0.05) is 11.8 Å². The Morgan fingerprint density at radius 3 is 2.50 bits per heavy atom. The third-order valence-corrected chi connectivity index (χ3v) is 3.33. The average molecular weight is 265 g/mol. The number of hydrogen-bond acceptors (Lipinski definition) is 3. The van der Waals surface area contributed by atoms with Crippen LogP contribution in [-0.2, 0) is 0 Å². The normalized spacial score (nSPS) is 12.2. The molecule has 4 heteroatoms. The number of aryl methyl sites for hydroxylation is 1. The van der Waals surface area contributed by atoms with Crippen LogP contribution in [0.2, 0.25) is 0 Å². The summed E-state index contributed by atoms with van der Waals surface area (Å²) in [5.41, 5.74) is 1.49. The van der Waals surface area contributed by atoms with E-state index in [0.717, 1.165) is 11.2 Å². The first-order chi connectivity index (χ1) is 9.72. The highest BCUT2D eigenvalue weighted by atomic mass is 16.6. The number of aromatic amines is 1. The first-order valence-corrected chi connectivity index (χ1v) is 6.34. The molecule has 0 radical (unpaired) electrons. The Morgan fingerprint density at radius 1 is 0.950 bits per heavy atom. The van der Waals surface area contributed by atoms with E-state index in [1.807, 2.05) is 43.3 Å². The van der Waals surface area contributed by atoms with Crippen LogP contribution in [0.15, 0.2) is 47.3 Å². The maximum atomic E-state index is 12.2. The van der Waals surface area contributed by atoms with Crippen LogP contribution in [0.1, 0.15) is 5.69 Å². The van der Waals surface area contributed by atoms with E-state index in [1.54, 1.807) is 6.07 Å². The van der Waals surface area contributed by atoms with Crippen LogP contribution in [0.25, 0.3) is 10.9 Å². The molecule has 3 aromatic rings. The molecule has 0 aliphatic carbocycles. The van der Waals surface area contributed by atoms with Gasteiger partial charge < -0.3 is 14.5 Å². The maximum Gasteiger partial charge on any atom is 0.193 e. The second kappa shape index (κ2) is 3.87. The molecule has 1 N–H and O–H groups in total. The zero-order valence-electron chi connectivity index (χ0n) is 10.8. The predicted molar refractivity (Wildman–Crippen MR) is 75.9 cm³/mol. The Morgan fingerprint density at radius 2 is 1.70 bits per heavy atom. The fourth-order valence-corrected chi connectivity index (χ4v) is 2.46. The molecule has 0 bridgehead atoms. The number of ether oxygens (including phenoxy) is 2. The summed E-state index contributed by atoms with van der Waals surface area (Å²) in [4.78, 5) is 15.4. The minimum atomic E-state index is -0.0731. The number of pyridine rings is 1. The van der Waals surface area contributed by atoms with E-state index >= 15 is 0 Å². The number of fused-ring (bicyclic) bond motifs is 4. The monoisotopic (exact) mass is 265 g/mol. The summed E-state index contributed by atoms with van der Waals surface area (Å²) >= 11 is 0. The molecule has 0 atom stereocenters. The van der Waals surface area contributed by atoms with E-state index in [0.29, 0.717) is 28.4 Å². The molecule has 0 saturated heterocycles. The molecule has 20 heavy (non-hydrogen) atoms. The van der Waals surface area contributed by atoms with Crippen molar-refractivity contribution in [1.29, 1.82) is 0 Å². The van der Waals surface area contributed by atoms with Crippen molar-refractivity contribution >= 4 is 10.9 Å². The molecule has 2 heterocycles. The molecule has 1 aliphatic rings. The highest BCUT2D eigenvalue weighted by Crippen LogP contribution is 2.47. The average Bonchev–Trinajstić information content (AvgIpc) is 2.44. The summed E-state index contributed by atoms with van der Waals surface area (Å²) in [6, 6.07) is 12.6. The Kier molecular flexibility index (Phi) is 2.15. The number of H-pyrrole nitrogens is 1. The molecule has 0 saturated carbocycles. The second-order valence-electron chi connectivity index (χ2n) is 4.78. The van der Waals surface area contributed by atoms with Crippen LogP contribution in [0, 0.1) is 6.92 Å². The van der Waals surface area contributed by atoms with Crippen LogP contribution < -0.4 is 14.9 Å².